The van der Waals surface area contributed by atoms with Gasteiger partial charge in [-0.1, -0.05) is 24.3 Å². The van der Waals surface area contributed by atoms with Gasteiger partial charge in [-0.15, -0.1) is 11.3 Å². The molecule has 0 aliphatic heterocycles. The van der Waals surface area contributed by atoms with Gasteiger partial charge in [-0.3, -0.25) is 9.59 Å². The maximum atomic E-state index is 14.3. The van der Waals surface area contributed by atoms with Gasteiger partial charge in [0.2, 0.25) is 5.91 Å². The first-order valence-electron chi connectivity index (χ1n) is 16.5. The van der Waals surface area contributed by atoms with Crippen LogP contribution < -0.4 is 9.64 Å². The van der Waals surface area contributed by atoms with Crippen molar-refractivity contribution in [2.24, 2.45) is 17.8 Å². The predicted molar refractivity (Wildman–Crippen MR) is 176 cm³/mol. The summed E-state index contributed by atoms with van der Waals surface area (Å²) in [6, 6.07) is 15.2. The summed E-state index contributed by atoms with van der Waals surface area (Å²) in [6.45, 7) is 2.88. The number of rotatable bonds is 10. The molecule has 3 aliphatic rings. The molecule has 3 aromatic rings. The molecule has 1 heterocycles. The van der Waals surface area contributed by atoms with E-state index in [4.69, 9.17) is 14.5 Å². The van der Waals surface area contributed by atoms with Gasteiger partial charge in [0.15, 0.2) is 0 Å². The van der Waals surface area contributed by atoms with Crippen LogP contribution in [0.25, 0.3) is 10.4 Å². The number of amides is 1. The second-order valence-electron chi connectivity index (χ2n) is 13.3. The average molecular weight is 615 g/mol. The number of aromatic nitrogens is 1. The second kappa shape index (κ2) is 13.8. The van der Waals surface area contributed by atoms with Crippen molar-refractivity contribution < 1.29 is 19.1 Å². The van der Waals surface area contributed by atoms with Crippen LogP contribution in [0.15, 0.2) is 48.7 Å². The number of benzene rings is 2. The third-order valence-corrected chi connectivity index (χ3v) is 11.4. The Bertz CT molecular complexity index is 1450. The molecular formula is C37H46N2O4S. The Morgan fingerprint density at radius 3 is 2.30 bits per heavy atom. The highest BCUT2D eigenvalue weighted by Gasteiger charge is 2.34. The largest absolute Gasteiger partial charge is 0.496 e. The Labute approximate surface area is 266 Å². The summed E-state index contributed by atoms with van der Waals surface area (Å²) in [5.41, 5.74) is 4.74. The highest BCUT2D eigenvalue weighted by atomic mass is 32.1. The highest BCUT2D eigenvalue weighted by molar-refractivity contribution is 7.15. The normalized spacial score (nSPS) is 23.6. The van der Waals surface area contributed by atoms with Crippen LogP contribution in [0, 0.1) is 24.7 Å². The van der Waals surface area contributed by atoms with Gasteiger partial charge >= 0.3 is 5.97 Å². The first-order valence-corrected chi connectivity index (χ1v) is 17.3. The minimum absolute atomic E-state index is 0.00367. The van der Waals surface area contributed by atoms with E-state index in [9.17, 15) is 9.59 Å². The first-order chi connectivity index (χ1) is 21.4. The SMILES string of the molecule is COC(=O)CC1CCC(C(=O)N(CC2CCC(c3ccc(OC)c(C)c3)CC2)c2cccc(-c3cnc(C4CC4)s3)c2)CC1. The minimum Gasteiger partial charge on any atom is -0.496 e. The molecule has 7 heteroatoms. The van der Waals surface area contributed by atoms with Crippen molar-refractivity contribution in [1.29, 1.82) is 0 Å². The topological polar surface area (TPSA) is 68.7 Å². The van der Waals surface area contributed by atoms with E-state index in [1.807, 2.05) is 6.20 Å². The fraction of sp³-hybridized carbons (Fsp3) is 0.541. The molecule has 6 nitrogen and oxygen atoms in total. The number of hydrogen-bond acceptors (Lipinski definition) is 6. The molecule has 3 saturated carbocycles. The molecule has 1 amide bonds. The molecule has 0 radical (unpaired) electrons. The number of nitrogens with zero attached hydrogens (tertiary/aromatic N) is 2. The summed E-state index contributed by atoms with van der Waals surface area (Å²) >= 11 is 1.80. The van der Waals surface area contributed by atoms with E-state index in [1.165, 1.54) is 41.0 Å². The maximum absolute atomic E-state index is 14.3. The maximum Gasteiger partial charge on any atom is 0.305 e. The van der Waals surface area contributed by atoms with Crippen LogP contribution in [-0.2, 0) is 14.3 Å². The van der Waals surface area contributed by atoms with E-state index >= 15 is 0 Å². The van der Waals surface area contributed by atoms with E-state index < -0.39 is 0 Å². The number of ether oxygens (including phenoxy) is 2. The van der Waals surface area contributed by atoms with Gasteiger partial charge < -0.3 is 14.4 Å². The Morgan fingerprint density at radius 1 is 0.886 bits per heavy atom. The van der Waals surface area contributed by atoms with Gasteiger partial charge in [0.25, 0.3) is 0 Å². The summed E-state index contributed by atoms with van der Waals surface area (Å²) in [6.07, 6.45) is 12.9. The third-order valence-electron chi connectivity index (χ3n) is 10.2. The number of anilines is 1. The van der Waals surface area contributed by atoms with Crippen LogP contribution in [0.3, 0.4) is 0 Å². The Morgan fingerprint density at radius 2 is 1.61 bits per heavy atom. The van der Waals surface area contributed by atoms with E-state index in [0.29, 0.717) is 30.1 Å². The molecule has 0 atom stereocenters. The molecular weight excluding hydrogens is 568 g/mol. The van der Waals surface area contributed by atoms with Crippen molar-refractivity contribution in [2.45, 2.75) is 89.4 Å². The molecule has 3 aliphatic carbocycles. The number of hydrogen-bond donors (Lipinski definition) is 0. The zero-order valence-corrected chi connectivity index (χ0v) is 27.2. The van der Waals surface area contributed by atoms with Crippen molar-refractivity contribution >= 4 is 28.9 Å². The predicted octanol–water partition coefficient (Wildman–Crippen LogP) is 8.68. The number of thiazole rings is 1. The summed E-state index contributed by atoms with van der Waals surface area (Å²) in [5.74, 6) is 3.02. The van der Waals surface area contributed by atoms with E-state index in [2.05, 4.69) is 54.3 Å². The number of methoxy groups -OCH3 is 2. The van der Waals surface area contributed by atoms with Crippen molar-refractivity contribution in [2.75, 3.05) is 25.7 Å². The Kier molecular flexibility index (Phi) is 9.70. The zero-order valence-electron chi connectivity index (χ0n) is 26.4. The van der Waals surface area contributed by atoms with Gasteiger partial charge in [0.05, 0.1) is 24.1 Å². The van der Waals surface area contributed by atoms with E-state index in [-0.39, 0.29) is 17.8 Å². The molecule has 6 rings (SSSR count). The van der Waals surface area contributed by atoms with Crippen LogP contribution in [0.5, 0.6) is 5.75 Å². The lowest BCUT2D eigenvalue weighted by Gasteiger charge is -2.36. The van der Waals surface area contributed by atoms with E-state index in [1.54, 1.807) is 18.4 Å². The molecule has 3 fully saturated rings. The fourth-order valence-corrected chi connectivity index (χ4v) is 8.42. The van der Waals surface area contributed by atoms with Crippen LogP contribution in [0.1, 0.15) is 98.6 Å². The summed E-state index contributed by atoms with van der Waals surface area (Å²) < 4.78 is 10.4. The third kappa shape index (κ3) is 7.20. The first kappa shape index (κ1) is 30.8. The lowest BCUT2D eigenvalue weighted by atomic mass is 9.77. The molecule has 2 aromatic carbocycles. The second-order valence-corrected chi connectivity index (χ2v) is 14.3. The molecule has 0 bridgehead atoms. The van der Waals surface area contributed by atoms with Gasteiger partial charge in [-0.2, -0.15) is 0 Å². The zero-order chi connectivity index (χ0) is 30.6. The van der Waals surface area contributed by atoms with Gasteiger partial charge in [0.1, 0.15) is 5.75 Å². The molecule has 0 N–H and O–H groups in total. The van der Waals surface area contributed by atoms with E-state index in [0.717, 1.165) is 74.9 Å². The van der Waals surface area contributed by atoms with Crippen LogP contribution >= 0.6 is 11.3 Å². The quantitative estimate of drug-likeness (QED) is 0.214. The highest BCUT2D eigenvalue weighted by Crippen LogP contribution is 2.44. The standard InChI is InChI=1S/C37H46N2O4S/c1-24-19-30(17-18-33(24)42-2)27-11-9-26(10-12-27)23-39(37(41)29-13-7-25(8-14-29)20-35(40)43-3)32-6-4-5-31(21-32)34-22-38-36(44-34)28-15-16-28/h4-6,17-19,21-22,25-29H,7-16,20,23H2,1-3H3. The molecule has 1 aromatic heterocycles. The van der Waals surface area contributed by atoms with Crippen LogP contribution in [0.2, 0.25) is 0 Å². The minimum atomic E-state index is -0.147. The molecule has 0 saturated heterocycles. The van der Waals surface area contributed by atoms with Gasteiger partial charge in [-0.05, 0) is 124 Å². The Hall–Kier alpha value is -3.19. The van der Waals surface area contributed by atoms with Crippen molar-refractivity contribution in [1.82, 2.24) is 4.98 Å². The van der Waals surface area contributed by atoms with Crippen molar-refractivity contribution in [3.8, 4) is 16.2 Å². The monoisotopic (exact) mass is 614 g/mol. The van der Waals surface area contributed by atoms with Gasteiger partial charge in [-0.25, -0.2) is 4.98 Å². The summed E-state index contributed by atoms with van der Waals surface area (Å²) in [7, 11) is 3.18. The molecule has 0 spiro atoms. The van der Waals surface area contributed by atoms with Crippen LogP contribution in [-0.4, -0.2) is 37.6 Å². The lowest BCUT2D eigenvalue weighted by molar-refractivity contribution is -0.142. The smallest absolute Gasteiger partial charge is 0.305 e. The lowest BCUT2D eigenvalue weighted by Crippen LogP contribution is -2.41. The molecule has 44 heavy (non-hydrogen) atoms. The van der Waals surface area contributed by atoms with Crippen molar-refractivity contribution in [3.63, 3.8) is 0 Å². The molecule has 234 valence electrons. The summed E-state index contributed by atoms with van der Waals surface area (Å²) in [4.78, 5) is 34.2. The number of esters is 1. The van der Waals surface area contributed by atoms with Gasteiger partial charge in [0, 0.05) is 36.7 Å². The Balaban J connectivity index is 1.17. The molecule has 0 unspecified atom stereocenters. The fourth-order valence-electron chi connectivity index (χ4n) is 7.33. The number of aryl methyl sites for hydroxylation is 1. The average Bonchev–Trinajstić information content (AvgIpc) is 3.79. The van der Waals surface area contributed by atoms with Crippen LogP contribution in [0.4, 0.5) is 5.69 Å². The van der Waals surface area contributed by atoms with Crippen molar-refractivity contribution in [3.05, 3.63) is 64.8 Å². The number of carbonyl (C=O) groups excluding carboxylic acids is 2. The summed E-state index contributed by atoms with van der Waals surface area (Å²) in [5, 5.41) is 1.24. The number of carbonyl (C=O) groups is 2.